The first-order chi connectivity index (χ1) is 16.1. The molecule has 0 saturated heterocycles. The molecule has 0 unspecified atom stereocenters. The number of ether oxygens (including phenoxy) is 2. The Morgan fingerprint density at radius 3 is 2.67 bits per heavy atom. The summed E-state index contributed by atoms with van der Waals surface area (Å²) in [6, 6.07) is 5.48. The second-order valence-corrected chi connectivity index (χ2v) is 7.12. The molecule has 176 valence electrons. The number of anilines is 1. The average molecular weight is 457 g/mol. The molecule has 0 saturated carbocycles. The topological polar surface area (TPSA) is 140 Å². The van der Waals surface area contributed by atoms with Gasteiger partial charge in [-0.25, -0.2) is 15.0 Å². The van der Waals surface area contributed by atoms with Crippen LogP contribution in [0.3, 0.4) is 0 Å². The average Bonchev–Trinajstić information content (AvgIpc) is 2.85. The number of rotatable bonds is 12. The molecule has 3 heterocycles. The van der Waals surface area contributed by atoms with Gasteiger partial charge in [-0.15, -0.1) is 0 Å². The van der Waals surface area contributed by atoms with E-state index >= 15 is 0 Å². The second kappa shape index (κ2) is 11.9. The molecule has 33 heavy (non-hydrogen) atoms. The summed E-state index contributed by atoms with van der Waals surface area (Å²) in [4.78, 5) is 37.4. The van der Waals surface area contributed by atoms with Crippen molar-refractivity contribution in [3.8, 4) is 17.0 Å². The zero-order chi connectivity index (χ0) is 23.6. The first-order valence-electron chi connectivity index (χ1n) is 10.7. The predicted octanol–water partition coefficient (Wildman–Crippen LogP) is 0.809. The van der Waals surface area contributed by atoms with Crippen LogP contribution in [-0.2, 0) is 16.1 Å². The van der Waals surface area contributed by atoms with E-state index in [4.69, 9.17) is 14.6 Å². The summed E-state index contributed by atoms with van der Waals surface area (Å²) in [6.45, 7) is 3.23. The van der Waals surface area contributed by atoms with E-state index in [-0.39, 0.29) is 24.5 Å². The van der Waals surface area contributed by atoms with Crippen LogP contribution in [0.5, 0.6) is 5.88 Å². The van der Waals surface area contributed by atoms with Crippen LogP contribution in [0.25, 0.3) is 22.3 Å². The van der Waals surface area contributed by atoms with Crippen molar-refractivity contribution in [3.05, 3.63) is 40.9 Å². The van der Waals surface area contributed by atoms with E-state index in [1.165, 1.54) is 0 Å². The zero-order valence-corrected chi connectivity index (χ0v) is 18.7. The fraction of sp³-hybridized carbons (Fsp3) is 0.409. The Bertz CT molecular complexity index is 1130. The number of carbonyl (C=O) groups is 1. The van der Waals surface area contributed by atoms with Crippen LogP contribution in [0.1, 0.15) is 13.3 Å². The molecule has 0 aromatic carbocycles. The molecule has 0 bridgehead atoms. The number of hydrogen-bond donors (Lipinski definition) is 3. The van der Waals surface area contributed by atoms with Gasteiger partial charge in [0.2, 0.25) is 11.8 Å². The van der Waals surface area contributed by atoms with Crippen LogP contribution in [0, 0.1) is 0 Å². The van der Waals surface area contributed by atoms with Crippen LogP contribution in [0.2, 0.25) is 0 Å². The van der Waals surface area contributed by atoms with Crippen molar-refractivity contribution in [1.82, 2.24) is 24.8 Å². The van der Waals surface area contributed by atoms with Crippen molar-refractivity contribution in [1.29, 1.82) is 0 Å². The molecule has 0 spiro atoms. The Morgan fingerprint density at radius 1 is 1.15 bits per heavy atom. The minimum Gasteiger partial charge on any atom is -0.481 e. The van der Waals surface area contributed by atoms with Gasteiger partial charge in [-0.05, 0) is 18.6 Å². The van der Waals surface area contributed by atoms with Crippen LogP contribution in [0.15, 0.2) is 35.4 Å². The van der Waals surface area contributed by atoms with Gasteiger partial charge in [0.05, 0.1) is 19.2 Å². The Labute approximate surface area is 190 Å². The largest absolute Gasteiger partial charge is 0.481 e. The Kier molecular flexibility index (Phi) is 8.67. The monoisotopic (exact) mass is 456 g/mol. The fourth-order valence-corrected chi connectivity index (χ4v) is 3.13. The third-order valence-electron chi connectivity index (χ3n) is 4.77. The molecule has 3 rings (SSSR count). The van der Waals surface area contributed by atoms with Crippen LogP contribution >= 0.6 is 0 Å². The molecule has 0 aliphatic rings. The highest BCUT2D eigenvalue weighted by Gasteiger charge is 2.13. The maximum atomic E-state index is 13.2. The highest BCUT2D eigenvalue weighted by atomic mass is 16.5. The number of fused-ring (bicyclic) bond motifs is 1. The second-order valence-electron chi connectivity index (χ2n) is 7.12. The Morgan fingerprint density at radius 2 is 1.97 bits per heavy atom. The summed E-state index contributed by atoms with van der Waals surface area (Å²) in [7, 11) is 1.55. The van der Waals surface area contributed by atoms with Crippen LogP contribution in [0.4, 0.5) is 5.82 Å². The predicted molar refractivity (Wildman–Crippen MR) is 123 cm³/mol. The van der Waals surface area contributed by atoms with Crippen molar-refractivity contribution in [2.45, 2.75) is 19.9 Å². The lowest BCUT2D eigenvalue weighted by molar-refractivity contribution is -0.123. The standard InChI is InChI=1S/C22H28N6O5/c1-3-9-33-10-8-28-17-11-16(15-4-5-19(32-2)25-12-15)13-26-20(17)27-21(22(28)31)24-7-6-23-18(30)14-29/h4-5,11-13,29H,3,6-10,14H2,1-2H3,(H,23,30)(H,24,26,27). The molecule has 3 aromatic heterocycles. The summed E-state index contributed by atoms with van der Waals surface area (Å²) >= 11 is 0. The number of aliphatic hydroxyl groups is 1. The van der Waals surface area contributed by atoms with Crippen molar-refractivity contribution >= 4 is 22.9 Å². The van der Waals surface area contributed by atoms with Crippen LogP contribution in [-0.4, -0.2) is 70.6 Å². The van der Waals surface area contributed by atoms with E-state index in [1.807, 2.05) is 19.1 Å². The summed E-state index contributed by atoms with van der Waals surface area (Å²) in [5.41, 5.74) is 2.27. The lowest BCUT2D eigenvalue weighted by atomic mass is 10.1. The lowest BCUT2D eigenvalue weighted by Crippen LogP contribution is -2.33. The summed E-state index contributed by atoms with van der Waals surface area (Å²) in [5.74, 6) is 0.142. The smallest absolute Gasteiger partial charge is 0.293 e. The molecule has 1 amide bonds. The van der Waals surface area contributed by atoms with Crippen molar-refractivity contribution in [2.24, 2.45) is 0 Å². The summed E-state index contributed by atoms with van der Waals surface area (Å²) in [6.07, 6.45) is 4.24. The molecular formula is C22H28N6O5. The number of nitrogens with one attached hydrogen (secondary N) is 2. The number of amides is 1. The first kappa shape index (κ1) is 24.1. The number of aliphatic hydroxyl groups excluding tert-OH is 1. The molecule has 11 heteroatoms. The summed E-state index contributed by atoms with van der Waals surface area (Å²) in [5, 5.41) is 14.2. The summed E-state index contributed by atoms with van der Waals surface area (Å²) < 4.78 is 12.3. The fourth-order valence-electron chi connectivity index (χ4n) is 3.13. The number of hydrogen-bond acceptors (Lipinski definition) is 9. The van der Waals surface area contributed by atoms with Gasteiger partial charge >= 0.3 is 0 Å². The van der Waals surface area contributed by atoms with E-state index in [1.54, 1.807) is 30.1 Å². The Balaban J connectivity index is 1.92. The first-order valence-corrected chi connectivity index (χ1v) is 10.7. The number of pyridine rings is 2. The van der Waals surface area contributed by atoms with E-state index < -0.39 is 12.5 Å². The van der Waals surface area contributed by atoms with Crippen molar-refractivity contribution in [2.75, 3.05) is 45.3 Å². The Hall–Kier alpha value is -3.57. The van der Waals surface area contributed by atoms with Gasteiger partial charge in [0.15, 0.2) is 11.5 Å². The minimum absolute atomic E-state index is 0.127. The van der Waals surface area contributed by atoms with Gasteiger partial charge in [-0.2, -0.15) is 0 Å². The van der Waals surface area contributed by atoms with E-state index in [9.17, 15) is 9.59 Å². The molecule has 3 N–H and O–H groups in total. The van der Waals surface area contributed by atoms with E-state index in [0.29, 0.717) is 36.8 Å². The van der Waals surface area contributed by atoms with Gasteiger partial charge in [0, 0.05) is 55.8 Å². The maximum Gasteiger partial charge on any atom is 0.293 e. The number of methoxy groups -OCH3 is 1. The van der Waals surface area contributed by atoms with Gasteiger partial charge in [0.1, 0.15) is 6.61 Å². The molecule has 3 aromatic rings. The molecule has 0 atom stereocenters. The molecule has 0 fully saturated rings. The third kappa shape index (κ3) is 6.24. The number of nitrogens with zero attached hydrogens (tertiary/aromatic N) is 4. The minimum atomic E-state index is -0.589. The normalized spacial score (nSPS) is 10.9. The molecular weight excluding hydrogens is 428 g/mol. The van der Waals surface area contributed by atoms with Crippen molar-refractivity contribution < 1.29 is 19.4 Å². The maximum absolute atomic E-state index is 13.2. The van der Waals surface area contributed by atoms with Gasteiger partial charge in [0.25, 0.3) is 5.56 Å². The third-order valence-corrected chi connectivity index (χ3v) is 4.77. The molecule has 0 radical (unpaired) electrons. The van der Waals surface area contributed by atoms with E-state index in [2.05, 4.69) is 25.6 Å². The number of aromatic nitrogens is 4. The lowest BCUT2D eigenvalue weighted by Gasteiger charge is -2.14. The SMILES string of the molecule is CCCOCCn1c(=O)c(NCCNC(=O)CO)nc2ncc(-c3ccc(OC)nc3)cc21. The molecule has 11 nitrogen and oxygen atoms in total. The highest BCUT2D eigenvalue weighted by Crippen LogP contribution is 2.23. The van der Waals surface area contributed by atoms with Crippen molar-refractivity contribution in [3.63, 3.8) is 0 Å². The quantitative estimate of drug-likeness (QED) is 0.338. The van der Waals surface area contributed by atoms with E-state index in [0.717, 1.165) is 17.5 Å². The number of carbonyl (C=O) groups excluding carboxylic acids is 1. The van der Waals surface area contributed by atoms with Gasteiger partial charge < -0.3 is 25.2 Å². The zero-order valence-electron chi connectivity index (χ0n) is 18.7. The molecule has 0 aliphatic carbocycles. The molecule has 0 aliphatic heterocycles. The van der Waals surface area contributed by atoms with Gasteiger partial charge in [-0.3, -0.25) is 14.2 Å². The highest BCUT2D eigenvalue weighted by molar-refractivity contribution is 5.79. The van der Waals surface area contributed by atoms with Crippen LogP contribution < -0.4 is 20.9 Å². The van der Waals surface area contributed by atoms with Gasteiger partial charge in [-0.1, -0.05) is 6.92 Å².